The molecule has 0 spiro atoms. The van der Waals surface area contributed by atoms with Gasteiger partial charge in [0.05, 0.1) is 21.3 Å². The Morgan fingerprint density at radius 3 is 2.15 bits per heavy atom. The van der Waals surface area contributed by atoms with Gasteiger partial charge in [-0.2, -0.15) is 0 Å². The first-order valence-electron chi connectivity index (χ1n) is 8.53. The summed E-state index contributed by atoms with van der Waals surface area (Å²) in [5.74, 6) is 1.90. The highest BCUT2D eigenvalue weighted by molar-refractivity contribution is 5.94. The van der Waals surface area contributed by atoms with Gasteiger partial charge in [0.2, 0.25) is 12.1 Å². The summed E-state index contributed by atoms with van der Waals surface area (Å²) in [5, 5.41) is 0. The van der Waals surface area contributed by atoms with E-state index in [2.05, 4.69) is 4.57 Å². The fraction of sp³-hybridized carbons (Fsp3) is 0.238. The van der Waals surface area contributed by atoms with Crippen molar-refractivity contribution >= 4 is 5.78 Å². The quantitative estimate of drug-likeness (QED) is 0.476. The van der Waals surface area contributed by atoms with E-state index in [1.165, 1.54) is 0 Å². The molecule has 0 bridgehead atoms. The largest absolute Gasteiger partial charge is 0.493 e. The summed E-state index contributed by atoms with van der Waals surface area (Å²) in [7, 11) is 4.80. The average Bonchev–Trinajstić information content (AvgIpc) is 3.15. The maximum Gasteiger partial charge on any atom is 0.249 e. The van der Waals surface area contributed by atoms with Crippen LogP contribution >= 0.6 is 0 Å². The highest BCUT2D eigenvalue weighted by Gasteiger charge is 2.15. The van der Waals surface area contributed by atoms with Crippen LogP contribution in [0, 0.1) is 0 Å². The topological polar surface area (TPSA) is 53.6 Å². The Morgan fingerprint density at radius 2 is 1.63 bits per heavy atom. The normalized spacial score (nSPS) is 10.5. The van der Waals surface area contributed by atoms with Crippen LogP contribution in [0.25, 0.3) is 5.69 Å². The lowest BCUT2D eigenvalue weighted by Crippen LogP contribution is -2.31. The number of nitrogens with zero attached hydrogens (tertiary/aromatic N) is 2. The number of hydrogen-bond acceptors (Lipinski definition) is 4. The van der Waals surface area contributed by atoms with Crippen molar-refractivity contribution in [2.24, 2.45) is 0 Å². The van der Waals surface area contributed by atoms with Crippen molar-refractivity contribution in [3.05, 3.63) is 66.2 Å². The highest BCUT2D eigenvalue weighted by atomic mass is 16.5. The monoisotopic (exact) mass is 367 g/mol. The lowest BCUT2D eigenvalue weighted by atomic mass is 10.1. The van der Waals surface area contributed by atoms with Crippen molar-refractivity contribution in [1.29, 1.82) is 0 Å². The fourth-order valence-corrected chi connectivity index (χ4v) is 2.95. The molecule has 0 unspecified atom stereocenters. The van der Waals surface area contributed by atoms with E-state index < -0.39 is 0 Å². The fourth-order valence-electron chi connectivity index (χ4n) is 2.95. The highest BCUT2D eigenvalue weighted by Crippen LogP contribution is 2.38. The van der Waals surface area contributed by atoms with Crippen LogP contribution in [0.15, 0.2) is 55.1 Å². The smallest absolute Gasteiger partial charge is 0.249 e. The molecule has 2 aromatic carbocycles. The van der Waals surface area contributed by atoms with Crippen molar-refractivity contribution < 1.29 is 23.6 Å². The standard InChI is InChI=1S/C21H23N2O4/c1-15(24)17-5-7-18(8-6-17)23-10-9-22(14-23)13-16-11-19(25-2)21(27-4)20(12-16)26-3/h5-12,14H,13H2,1-4H3/q+1. The SMILES string of the molecule is COc1cc(C[n+]2ccn(-c3ccc(C(C)=O)cc3)c2)cc(OC)c1OC. The Balaban J connectivity index is 1.84. The second-order valence-corrected chi connectivity index (χ2v) is 6.13. The Bertz CT molecular complexity index is 920. The van der Waals surface area contributed by atoms with E-state index in [9.17, 15) is 4.79 Å². The molecule has 1 aromatic heterocycles. The van der Waals surface area contributed by atoms with Gasteiger partial charge in [-0.25, -0.2) is 9.13 Å². The van der Waals surface area contributed by atoms with E-state index in [0.29, 0.717) is 29.4 Å². The number of rotatable bonds is 7. The number of ether oxygens (including phenoxy) is 3. The minimum atomic E-state index is 0.0616. The first-order chi connectivity index (χ1) is 13.0. The summed E-state index contributed by atoms with van der Waals surface area (Å²) in [6, 6.07) is 11.4. The Labute approximate surface area is 158 Å². The Morgan fingerprint density at radius 1 is 1.00 bits per heavy atom. The maximum atomic E-state index is 11.4. The van der Waals surface area contributed by atoms with E-state index >= 15 is 0 Å². The molecule has 6 nitrogen and oxygen atoms in total. The van der Waals surface area contributed by atoms with Gasteiger partial charge in [0, 0.05) is 11.1 Å². The lowest BCUT2D eigenvalue weighted by Gasteiger charge is -2.13. The van der Waals surface area contributed by atoms with Crippen molar-refractivity contribution in [3.8, 4) is 22.9 Å². The van der Waals surface area contributed by atoms with Crippen LogP contribution < -0.4 is 18.8 Å². The number of imidazole rings is 1. The van der Waals surface area contributed by atoms with Crippen LogP contribution in [-0.2, 0) is 6.54 Å². The minimum Gasteiger partial charge on any atom is -0.493 e. The van der Waals surface area contributed by atoms with Gasteiger partial charge >= 0.3 is 0 Å². The second-order valence-electron chi connectivity index (χ2n) is 6.13. The number of methoxy groups -OCH3 is 3. The summed E-state index contributed by atoms with van der Waals surface area (Å²) < 4.78 is 20.3. The van der Waals surface area contributed by atoms with Crippen molar-refractivity contribution in [2.45, 2.75) is 13.5 Å². The first-order valence-corrected chi connectivity index (χ1v) is 8.53. The Hall–Kier alpha value is -3.28. The molecule has 1 heterocycles. The molecular formula is C21H23N2O4+. The summed E-state index contributed by atoms with van der Waals surface area (Å²) in [6.07, 6.45) is 5.95. The molecule has 0 N–H and O–H groups in total. The van der Waals surface area contributed by atoms with Gasteiger partial charge in [0.1, 0.15) is 24.6 Å². The predicted octanol–water partition coefficient (Wildman–Crippen LogP) is 3.04. The molecule has 6 heteroatoms. The van der Waals surface area contributed by atoms with E-state index in [4.69, 9.17) is 14.2 Å². The maximum absolute atomic E-state index is 11.4. The minimum absolute atomic E-state index is 0.0616. The van der Waals surface area contributed by atoms with Crippen molar-refractivity contribution in [1.82, 2.24) is 4.57 Å². The van der Waals surface area contributed by atoms with Gasteiger partial charge in [0.15, 0.2) is 17.3 Å². The van der Waals surface area contributed by atoms with Gasteiger partial charge < -0.3 is 14.2 Å². The third-order valence-corrected chi connectivity index (χ3v) is 4.35. The van der Waals surface area contributed by atoms with Crippen molar-refractivity contribution in [3.63, 3.8) is 0 Å². The molecule has 0 atom stereocenters. The molecule has 0 fully saturated rings. The number of benzene rings is 2. The summed E-state index contributed by atoms with van der Waals surface area (Å²) >= 11 is 0. The van der Waals surface area contributed by atoms with Gasteiger partial charge in [-0.1, -0.05) is 0 Å². The van der Waals surface area contributed by atoms with Gasteiger partial charge in [-0.15, -0.1) is 0 Å². The van der Waals surface area contributed by atoms with Gasteiger partial charge in [-0.05, 0) is 43.3 Å². The molecule has 0 saturated carbocycles. The number of hydrogen-bond donors (Lipinski definition) is 0. The number of ketones is 1. The summed E-state index contributed by atoms with van der Waals surface area (Å²) in [6.45, 7) is 2.21. The molecule has 0 amide bonds. The van der Waals surface area contributed by atoms with Crippen LogP contribution in [0.3, 0.4) is 0 Å². The summed E-state index contributed by atoms with van der Waals surface area (Å²) in [4.78, 5) is 11.4. The molecule has 0 aliphatic carbocycles. The van der Waals surface area contributed by atoms with Crippen LogP contribution in [0.4, 0.5) is 0 Å². The van der Waals surface area contributed by atoms with Gasteiger partial charge in [-0.3, -0.25) is 4.79 Å². The zero-order chi connectivity index (χ0) is 19.4. The Kier molecular flexibility index (Phi) is 5.45. The zero-order valence-electron chi connectivity index (χ0n) is 15.9. The molecule has 3 rings (SSSR count). The predicted molar refractivity (Wildman–Crippen MR) is 101 cm³/mol. The van der Waals surface area contributed by atoms with Gasteiger partial charge in [0.25, 0.3) is 0 Å². The van der Waals surface area contributed by atoms with Crippen LogP contribution in [0.5, 0.6) is 17.2 Å². The number of carbonyl (C=O) groups is 1. The summed E-state index contributed by atoms with van der Waals surface area (Å²) in [5.41, 5.74) is 2.72. The third kappa shape index (κ3) is 3.95. The van der Waals surface area contributed by atoms with E-state index in [1.54, 1.807) is 28.3 Å². The molecule has 27 heavy (non-hydrogen) atoms. The number of aromatic nitrogens is 2. The molecule has 140 valence electrons. The van der Waals surface area contributed by atoms with Crippen molar-refractivity contribution in [2.75, 3.05) is 21.3 Å². The lowest BCUT2D eigenvalue weighted by molar-refractivity contribution is -0.687. The number of Topliss-reactive ketones (excluding diaryl/α,β-unsaturated/α-hetero) is 1. The van der Waals surface area contributed by atoms with Crippen LogP contribution in [0.1, 0.15) is 22.8 Å². The van der Waals surface area contributed by atoms with Crippen LogP contribution in [0.2, 0.25) is 0 Å². The van der Waals surface area contributed by atoms with E-state index in [-0.39, 0.29) is 5.78 Å². The second kappa shape index (κ2) is 7.95. The van der Waals surface area contributed by atoms with Crippen LogP contribution in [-0.4, -0.2) is 31.7 Å². The molecule has 0 radical (unpaired) electrons. The molecular weight excluding hydrogens is 344 g/mol. The average molecular weight is 367 g/mol. The van der Waals surface area contributed by atoms with E-state index in [0.717, 1.165) is 11.3 Å². The number of carbonyl (C=O) groups excluding carboxylic acids is 1. The molecule has 3 aromatic rings. The van der Waals surface area contributed by atoms with E-state index in [1.807, 2.05) is 59.7 Å². The molecule has 0 aliphatic rings. The molecule has 0 aliphatic heterocycles. The third-order valence-electron chi connectivity index (χ3n) is 4.35. The zero-order valence-corrected chi connectivity index (χ0v) is 15.9. The molecule has 0 saturated heterocycles. The first kappa shape index (κ1) is 18.5.